The number of benzene rings is 2. The Balaban J connectivity index is 0.00000361. The van der Waals surface area contributed by atoms with Gasteiger partial charge in [0.05, 0.1) is 34.0 Å². The lowest BCUT2D eigenvalue weighted by Gasteiger charge is -2.36. The van der Waals surface area contributed by atoms with Crippen molar-refractivity contribution in [2.24, 2.45) is 0 Å². The summed E-state index contributed by atoms with van der Waals surface area (Å²) in [4.78, 5) is 19.6. The number of halogens is 1. The highest BCUT2D eigenvalue weighted by molar-refractivity contribution is 5.98. The van der Waals surface area contributed by atoms with Gasteiger partial charge in [-0.3, -0.25) is 9.69 Å². The molecule has 0 spiro atoms. The fourth-order valence-electron chi connectivity index (χ4n) is 4.58. The molecule has 9 nitrogen and oxygen atoms in total. The quantitative estimate of drug-likeness (QED) is 0.440. The Bertz CT molecular complexity index is 1030. The Hall–Kier alpha value is -3.04. The van der Waals surface area contributed by atoms with Crippen LogP contribution >= 0.6 is 12.4 Å². The molecule has 2 aromatic carbocycles. The first-order valence-corrected chi connectivity index (χ1v) is 11.9. The van der Waals surface area contributed by atoms with Gasteiger partial charge in [0, 0.05) is 56.6 Å². The third-order valence-corrected chi connectivity index (χ3v) is 6.64. The van der Waals surface area contributed by atoms with Crippen LogP contribution in [0.15, 0.2) is 30.3 Å². The van der Waals surface area contributed by atoms with E-state index >= 15 is 0 Å². The molecule has 2 aromatic rings. The maximum Gasteiger partial charge on any atom is 0.260 e. The van der Waals surface area contributed by atoms with E-state index in [1.165, 1.54) is 0 Å². The summed E-state index contributed by atoms with van der Waals surface area (Å²) in [6, 6.07) is 9.48. The molecule has 0 atom stereocenters. The number of carbonyl (C=O) groups excluding carboxylic acids is 1. The van der Waals surface area contributed by atoms with Crippen molar-refractivity contribution in [3.63, 3.8) is 0 Å². The average molecular weight is 522 g/mol. The fourth-order valence-corrected chi connectivity index (χ4v) is 4.58. The molecule has 1 amide bonds. The molecule has 36 heavy (non-hydrogen) atoms. The maximum absolute atomic E-state index is 13.0. The molecular weight excluding hydrogens is 486 g/mol. The van der Waals surface area contributed by atoms with Crippen molar-refractivity contribution in [3.05, 3.63) is 35.9 Å². The van der Waals surface area contributed by atoms with Crippen LogP contribution in [0, 0.1) is 0 Å². The van der Waals surface area contributed by atoms with E-state index in [1.54, 1.807) is 45.5 Å². The van der Waals surface area contributed by atoms with Crippen LogP contribution in [-0.4, -0.2) is 90.1 Å². The van der Waals surface area contributed by atoms with E-state index in [9.17, 15) is 4.79 Å². The SMILES string of the molecule is COc1ccc(N2CCN(CCCCN3COc4cc(OC)c(OC)cc4C3=O)CC2)cc1OC.Cl. The zero-order valence-corrected chi connectivity index (χ0v) is 22.3. The first-order chi connectivity index (χ1) is 17.1. The highest BCUT2D eigenvalue weighted by Crippen LogP contribution is 2.37. The molecule has 10 heteroatoms. The van der Waals surface area contributed by atoms with E-state index in [0.29, 0.717) is 29.4 Å². The number of nitrogens with zero attached hydrogens (tertiary/aromatic N) is 3. The number of fused-ring (bicyclic) bond motifs is 1. The van der Waals surface area contributed by atoms with Gasteiger partial charge in [0.25, 0.3) is 5.91 Å². The van der Waals surface area contributed by atoms with Crippen molar-refractivity contribution in [1.82, 2.24) is 9.80 Å². The number of carbonyl (C=O) groups is 1. The highest BCUT2D eigenvalue weighted by atomic mass is 35.5. The normalized spacial score (nSPS) is 15.5. The lowest BCUT2D eigenvalue weighted by Crippen LogP contribution is -2.46. The van der Waals surface area contributed by atoms with Gasteiger partial charge < -0.3 is 33.5 Å². The second-order valence-corrected chi connectivity index (χ2v) is 8.62. The summed E-state index contributed by atoms with van der Waals surface area (Å²) in [6.45, 7) is 5.89. The van der Waals surface area contributed by atoms with Crippen molar-refractivity contribution >= 4 is 24.0 Å². The van der Waals surface area contributed by atoms with Gasteiger partial charge >= 0.3 is 0 Å². The van der Waals surface area contributed by atoms with Gasteiger partial charge in [0.2, 0.25) is 0 Å². The second kappa shape index (κ2) is 12.8. The molecule has 0 N–H and O–H groups in total. The van der Waals surface area contributed by atoms with Crippen LogP contribution in [0.3, 0.4) is 0 Å². The Morgan fingerprint density at radius 1 is 0.778 bits per heavy atom. The van der Waals surface area contributed by atoms with Crippen molar-refractivity contribution in [2.75, 3.05) is 79.3 Å². The van der Waals surface area contributed by atoms with Crippen molar-refractivity contribution < 1.29 is 28.5 Å². The minimum absolute atomic E-state index is 0. The topological polar surface area (TPSA) is 72.9 Å². The van der Waals surface area contributed by atoms with Gasteiger partial charge in [0.15, 0.2) is 29.7 Å². The molecule has 4 rings (SSSR count). The van der Waals surface area contributed by atoms with Gasteiger partial charge in [-0.1, -0.05) is 0 Å². The van der Waals surface area contributed by atoms with Crippen molar-refractivity contribution in [1.29, 1.82) is 0 Å². The van der Waals surface area contributed by atoms with Crippen LogP contribution in [0.25, 0.3) is 0 Å². The molecule has 0 bridgehead atoms. The second-order valence-electron chi connectivity index (χ2n) is 8.62. The Kier molecular flexibility index (Phi) is 9.78. The van der Waals surface area contributed by atoms with E-state index in [2.05, 4.69) is 15.9 Å². The first-order valence-electron chi connectivity index (χ1n) is 11.9. The molecule has 0 unspecified atom stereocenters. The molecule has 2 heterocycles. The number of anilines is 1. The third kappa shape index (κ3) is 6.02. The van der Waals surface area contributed by atoms with Gasteiger partial charge in [-0.25, -0.2) is 0 Å². The third-order valence-electron chi connectivity index (χ3n) is 6.64. The Morgan fingerprint density at radius 3 is 2.06 bits per heavy atom. The van der Waals surface area contributed by atoms with Gasteiger partial charge in [0.1, 0.15) is 5.75 Å². The fraction of sp³-hybridized carbons (Fsp3) is 0.500. The van der Waals surface area contributed by atoms with Crippen LogP contribution in [-0.2, 0) is 0 Å². The number of amides is 1. The van der Waals surface area contributed by atoms with Gasteiger partial charge in [-0.2, -0.15) is 0 Å². The molecule has 0 saturated carbocycles. The van der Waals surface area contributed by atoms with Crippen LogP contribution in [0.2, 0.25) is 0 Å². The van der Waals surface area contributed by atoms with Crippen molar-refractivity contribution in [2.45, 2.75) is 12.8 Å². The number of piperazine rings is 1. The van der Waals surface area contributed by atoms with Crippen LogP contribution in [0.5, 0.6) is 28.7 Å². The summed E-state index contributed by atoms with van der Waals surface area (Å²) in [6.07, 6.45) is 1.95. The molecule has 0 radical (unpaired) electrons. The minimum atomic E-state index is -0.0317. The molecule has 0 aromatic heterocycles. The summed E-state index contributed by atoms with van der Waals surface area (Å²) >= 11 is 0. The Morgan fingerprint density at radius 2 is 1.39 bits per heavy atom. The lowest BCUT2D eigenvalue weighted by atomic mass is 10.1. The van der Waals surface area contributed by atoms with Crippen LogP contribution in [0.4, 0.5) is 5.69 Å². The monoisotopic (exact) mass is 521 g/mol. The zero-order valence-electron chi connectivity index (χ0n) is 21.5. The van der Waals surface area contributed by atoms with Crippen molar-refractivity contribution in [3.8, 4) is 28.7 Å². The predicted octanol–water partition coefficient (Wildman–Crippen LogP) is 3.54. The maximum atomic E-state index is 13.0. The number of ether oxygens (including phenoxy) is 5. The summed E-state index contributed by atoms with van der Waals surface area (Å²) in [5, 5.41) is 0. The molecule has 2 aliphatic heterocycles. The molecule has 1 fully saturated rings. The van der Waals surface area contributed by atoms with E-state index in [1.807, 2.05) is 12.1 Å². The molecule has 0 aliphatic carbocycles. The number of rotatable bonds is 10. The van der Waals surface area contributed by atoms with Crippen LogP contribution < -0.4 is 28.6 Å². The Labute approximate surface area is 219 Å². The zero-order chi connectivity index (χ0) is 24.8. The van der Waals surface area contributed by atoms with E-state index in [4.69, 9.17) is 23.7 Å². The number of hydrogen-bond donors (Lipinski definition) is 0. The summed E-state index contributed by atoms with van der Waals surface area (Å²) < 4.78 is 27.2. The van der Waals surface area contributed by atoms with E-state index in [0.717, 1.165) is 62.8 Å². The van der Waals surface area contributed by atoms with Gasteiger partial charge in [-0.05, 0) is 31.5 Å². The smallest absolute Gasteiger partial charge is 0.260 e. The lowest BCUT2D eigenvalue weighted by molar-refractivity contribution is 0.0513. The summed E-state index contributed by atoms with van der Waals surface area (Å²) in [5.41, 5.74) is 1.67. The number of hydrogen-bond acceptors (Lipinski definition) is 8. The molecule has 2 aliphatic rings. The molecular formula is C26H36ClN3O6. The predicted molar refractivity (Wildman–Crippen MR) is 141 cm³/mol. The van der Waals surface area contributed by atoms with E-state index in [-0.39, 0.29) is 25.0 Å². The summed E-state index contributed by atoms with van der Waals surface area (Å²) in [5.74, 6) is 3.08. The average Bonchev–Trinajstić information content (AvgIpc) is 2.91. The van der Waals surface area contributed by atoms with Crippen LogP contribution in [0.1, 0.15) is 23.2 Å². The molecule has 198 valence electrons. The van der Waals surface area contributed by atoms with E-state index < -0.39 is 0 Å². The number of methoxy groups -OCH3 is 4. The standard InChI is InChI=1S/C26H35N3O6.ClH/c1-31-21-8-7-19(15-23(21)32-2)28-13-11-27(12-14-28)9-5-6-10-29-18-35-22-17-25(34-4)24(33-3)16-20(22)26(29)30;/h7-8,15-17H,5-6,9-14,18H2,1-4H3;1H. The van der Waals surface area contributed by atoms with Gasteiger partial charge in [-0.15, -0.1) is 12.4 Å². The highest BCUT2D eigenvalue weighted by Gasteiger charge is 2.27. The largest absolute Gasteiger partial charge is 0.493 e. The minimum Gasteiger partial charge on any atom is -0.493 e. The first kappa shape index (κ1) is 27.5. The molecule has 1 saturated heterocycles. The number of unbranched alkanes of at least 4 members (excludes halogenated alkanes) is 1. The summed E-state index contributed by atoms with van der Waals surface area (Å²) in [7, 11) is 6.44.